The number of quaternary nitrogens is 1. The van der Waals surface area contributed by atoms with E-state index in [1.807, 2.05) is 6.07 Å². The van der Waals surface area contributed by atoms with Crippen molar-refractivity contribution in [1.29, 1.82) is 0 Å². The number of aromatic nitrogens is 1. The fourth-order valence-corrected chi connectivity index (χ4v) is 4.63. The number of benzene rings is 2. The summed E-state index contributed by atoms with van der Waals surface area (Å²) in [6.07, 6.45) is 4.43. The van der Waals surface area contributed by atoms with Crippen molar-refractivity contribution in [3.8, 4) is 5.75 Å². The van der Waals surface area contributed by atoms with Crippen molar-refractivity contribution in [3.63, 3.8) is 0 Å². The summed E-state index contributed by atoms with van der Waals surface area (Å²) in [5.41, 5.74) is 2.80. The number of hydrogen-bond acceptors (Lipinski definition) is 3. The minimum atomic E-state index is -0.287. The molecule has 1 fully saturated rings. The van der Waals surface area contributed by atoms with Gasteiger partial charge in [0.25, 0.3) is 0 Å². The first-order chi connectivity index (χ1) is 13.7. The molecule has 0 unspecified atom stereocenters. The van der Waals surface area contributed by atoms with Gasteiger partial charge >= 0.3 is 0 Å². The Kier molecular flexibility index (Phi) is 5.36. The smallest absolute Gasteiger partial charge is 0.179 e. The van der Waals surface area contributed by atoms with E-state index in [0.717, 1.165) is 53.8 Å². The molecule has 4 nitrogen and oxygen atoms in total. The molecule has 2 aromatic carbocycles. The number of methoxy groups -OCH3 is 1. The van der Waals surface area contributed by atoms with Gasteiger partial charge in [0, 0.05) is 36.3 Å². The van der Waals surface area contributed by atoms with Crippen LogP contribution in [-0.2, 0) is 0 Å². The Morgan fingerprint density at radius 3 is 2.71 bits per heavy atom. The van der Waals surface area contributed by atoms with Gasteiger partial charge in [0.1, 0.15) is 5.82 Å². The highest BCUT2D eigenvalue weighted by molar-refractivity contribution is 5.80. The average molecular weight is 383 g/mol. The Bertz CT molecular complexity index is 945. The molecule has 0 bridgehead atoms. The predicted octanol–water partition coefficient (Wildman–Crippen LogP) is 5.66. The van der Waals surface area contributed by atoms with Crippen LogP contribution in [0.25, 0.3) is 11.0 Å². The topological polar surface area (TPSA) is 35.3 Å². The van der Waals surface area contributed by atoms with Crippen molar-refractivity contribution in [1.82, 2.24) is 9.64 Å². The Hall–Kier alpha value is -2.40. The van der Waals surface area contributed by atoms with Gasteiger partial charge in [0.15, 0.2) is 17.0 Å². The first-order valence-electron chi connectivity index (χ1n) is 10.2. The third-order valence-electron chi connectivity index (χ3n) is 6.20. The van der Waals surface area contributed by atoms with E-state index >= 15 is 0 Å². The van der Waals surface area contributed by atoms with E-state index in [2.05, 4.69) is 30.3 Å². The predicted molar refractivity (Wildman–Crippen MR) is 110 cm³/mol. The molecule has 0 radical (unpaired) electrons. The number of piperidine rings is 1. The molecule has 0 atom stereocenters. The van der Waals surface area contributed by atoms with Gasteiger partial charge in [-0.15, -0.1) is 0 Å². The summed E-state index contributed by atoms with van der Waals surface area (Å²) in [6.45, 7) is 5.45. The quantitative estimate of drug-likeness (QED) is 0.515. The molecular weight excluding hydrogens is 355 g/mol. The summed E-state index contributed by atoms with van der Waals surface area (Å²) in [5, 5.41) is 5.25. The average Bonchev–Trinajstić information content (AvgIpc) is 3.15. The lowest BCUT2D eigenvalue weighted by atomic mass is 9.89. The molecule has 148 valence electrons. The number of hydrogen-bond donors (Lipinski definition) is 0. The first kappa shape index (κ1) is 18.9. The molecule has 1 aromatic heterocycles. The van der Waals surface area contributed by atoms with Gasteiger partial charge in [0.2, 0.25) is 0 Å². The van der Waals surface area contributed by atoms with Crippen LogP contribution in [0, 0.1) is 5.82 Å². The SMILES string of the molecule is CCCC[N+]1(c2ccccc2OC)CCC(c2noc3cc(F)ccc23)CC1. The van der Waals surface area contributed by atoms with Gasteiger partial charge < -0.3 is 9.26 Å². The highest BCUT2D eigenvalue weighted by Gasteiger charge is 2.39. The molecule has 0 amide bonds. The van der Waals surface area contributed by atoms with Crippen LogP contribution in [0.2, 0.25) is 0 Å². The number of nitrogens with zero attached hydrogens (tertiary/aromatic N) is 2. The van der Waals surface area contributed by atoms with Crippen LogP contribution < -0.4 is 9.22 Å². The molecule has 1 aliphatic rings. The minimum absolute atomic E-state index is 0.287. The van der Waals surface area contributed by atoms with Crippen molar-refractivity contribution < 1.29 is 13.7 Å². The van der Waals surface area contributed by atoms with Crippen LogP contribution in [0.4, 0.5) is 10.1 Å². The van der Waals surface area contributed by atoms with Crippen molar-refractivity contribution in [2.24, 2.45) is 0 Å². The van der Waals surface area contributed by atoms with Crippen molar-refractivity contribution in [2.45, 2.75) is 38.5 Å². The largest absolute Gasteiger partial charge is 0.491 e. The maximum absolute atomic E-state index is 13.5. The van der Waals surface area contributed by atoms with E-state index in [0.29, 0.717) is 11.5 Å². The monoisotopic (exact) mass is 383 g/mol. The third-order valence-corrected chi connectivity index (χ3v) is 6.20. The zero-order valence-electron chi connectivity index (χ0n) is 16.7. The number of rotatable bonds is 6. The Balaban J connectivity index is 1.61. The number of likely N-dealkylation sites (tertiary alicyclic amines) is 1. The Morgan fingerprint density at radius 1 is 1.18 bits per heavy atom. The van der Waals surface area contributed by atoms with Gasteiger partial charge in [-0.1, -0.05) is 30.6 Å². The summed E-state index contributed by atoms with van der Waals surface area (Å²) >= 11 is 0. The van der Waals surface area contributed by atoms with Crippen molar-refractivity contribution in [2.75, 3.05) is 26.7 Å². The summed E-state index contributed by atoms with van der Waals surface area (Å²) in [4.78, 5) is 0. The molecule has 3 aromatic rings. The van der Waals surface area contributed by atoms with E-state index in [9.17, 15) is 4.39 Å². The lowest BCUT2D eigenvalue weighted by molar-refractivity contribution is 0.202. The standard InChI is InChI=1S/C23H28FN2O2/c1-3-4-13-26(20-7-5-6-8-21(20)27-2)14-11-17(12-15-26)23-19-10-9-18(24)16-22(19)28-25-23/h5-10,16-17H,3-4,11-15H2,1-2H3/q+1. The van der Waals surface area contributed by atoms with Crippen LogP contribution >= 0.6 is 0 Å². The van der Waals surface area contributed by atoms with Crippen LogP contribution in [-0.4, -0.2) is 31.9 Å². The molecule has 5 heteroatoms. The second kappa shape index (κ2) is 7.92. The molecule has 1 saturated heterocycles. The third kappa shape index (κ3) is 3.39. The Morgan fingerprint density at radius 2 is 1.96 bits per heavy atom. The fraction of sp³-hybridized carbons (Fsp3) is 0.435. The van der Waals surface area contributed by atoms with E-state index < -0.39 is 0 Å². The number of unbranched alkanes of at least 4 members (excludes halogenated alkanes) is 1. The highest BCUT2D eigenvalue weighted by Crippen LogP contribution is 2.41. The number of ether oxygens (including phenoxy) is 1. The van der Waals surface area contributed by atoms with Crippen LogP contribution in [0.15, 0.2) is 47.0 Å². The summed E-state index contributed by atoms with van der Waals surface area (Å²) in [7, 11) is 1.75. The molecular formula is C23H28FN2O2+. The van der Waals surface area contributed by atoms with Gasteiger partial charge in [-0.3, -0.25) is 4.48 Å². The van der Waals surface area contributed by atoms with Crippen molar-refractivity contribution >= 4 is 16.7 Å². The zero-order chi connectivity index (χ0) is 19.6. The summed E-state index contributed by atoms with van der Waals surface area (Å²) < 4.78 is 25.5. The molecule has 0 N–H and O–H groups in total. The maximum Gasteiger partial charge on any atom is 0.179 e. The summed E-state index contributed by atoms with van der Waals surface area (Å²) in [5.74, 6) is 1.03. The Labute approximate surface area is 165 Å². The van der Waals surface area contributed by atoms with E-state index in [1.165, 1.54) is 30.7 Å². The number of fused-ring (bicyclic) bond motifs is 1. The van der Waals surface area contributed by atoms with E-state index in [4.69, 9.17) is 9.26 Å². The number of halogens is 1. The van der Waals surface area contributed by atoms with Crippen LogP contribution in [0.3, 0.4) is 0 Å². The first-order valence-corrected chi connectivity index (χ1v) is 10.2. The molecule has 2 heterocycles. The lowest BCUT2D eigenvalue weighted by Gasteiger charge is -2.43. The van der Waals surface area contributed by atoms with Crippen LogP contribution in [0.5, 0.6) is 5.75 Å². The molecule has 28 heavy (non-hydrogen) atoms. The molecule has 1 aliphatic heterocycles. The molecule has 0 aliphatic carbocycles. The lowest BCUT2D eigenvalue weighted by Crippen LogP contribution is -2.54. The number of para-hydroxylation sites is 2. The molecule has 4 rings (SSSR count). The van der Waals surface area contributed by atoms with E-state index in [1.54, 1.807) is 13.2 Å². The minimum Gasteiger partial charge on any atom is -0.491 e. The van der Waals surface area contributed by atoms with Gasteiger partial charge in [-0.05, 0) is 24.6 Å². The zero-order valence-corrected chi connectivity index (χ0v) is 16.7. The summed E-state index contributed by atoms with van der Waals surface area (Å²) in [6, 6.07) is 13.1. The van der Waals surface area contributed by atoms with E-state index in [-0.39, 0.29) is 5.82 Å². The van der Waals surface area contributed by atoms with Gasteiger partial charge in [0.05, 0.1) is 32.4 Å². The van der Waals surface area contributed by atoms with Gasteiger partial charge in [-0.25, -0.2) is 4.39 Å². The molecule has 0 spiro atoms. The highest BCUT2D eigenvalue weighted by atomic mass is 19.1. The molecule has 0 saturated carbocycles. The fourth-order valence-electron chi connectivity index (χ4n) is 4.63. The van der Waals surface area contributed by atoms with Crippen LogP contribution in [0.1, 0.15) is 44.2 Å². The normalized spacial score (nSPS) is 22.5. The van der Waals surface area contributed by atoms with Gasteiger partial charge in [-0.2, -0.15) is 0 Å². The van der Waals surface area contributed by atoms with Crippen molar-refractivity contribution in [3.05, 3.63) is 54.0 Å². The maximum atomic E-state index is 13.5. The second-order valence-electron chi connectivity index (χ2n) is 7.82. The second-order valence-corrected chi connectivity index (χ2v) is 7.82.